The number of terminal acetylenes is 1. The lowest BCUT2D eigenvalue weighted by molar-refractivity contribution is -0.133. The Kier molecular flexibility index (Phi) is 4.61. The molecule has 0 aromatic carbocycles. The number of aliphatic carboxylic acids is 1. The first-order valence-corrected chi connectivity index (χ1v) is 2.77. The second-order valence-corrected chi connectivity index (χ2v) is 1.64. The van der Waals surface area contributed by atoms with Gasteiger partial charge in [0.1, 0.15) is 0 Å². The molecule has 2 heteroatoms. The molecule has 0 amide bonds. The molecular formula is C7H9O2. The van der Waals surface area contributed by atoms with Gasteiger partial charge in [0.2, 0.25) is 0 Å². The number of hydrogen-bond acceptors (Lipinski definition) is 1. The number of carboxylic acid groups (broad SMARTS) is 1. The summed E-state index contributed by atoms with van der Waals surface area (Å²) in [6.45, 7) is 0. The molecule has 49 valence electrons. The van der Waals surface area contributed by atoms with Crippen molar-refractivity contribution in [1.29, 1.82) is 0 Å². The van der Waals surface area contributed by atoms with Gasteiger partial charge in [-0.05, 0) is 12.8 Å². The summed E-state index contributed by atoms with van der Waals surface area (Å²) in [4.78, 5) is 9.86. The predicted molar refractivity (Wildman–Crippen MR) is 34.6 cm³/mol. The smallest absolute Gasteiger partial charge is 0.307 e. The highest BCUT2D eigenvalue weighted by Crippen LogP contribution is 1.96. The first-order chi connectivity index (χ1) is 4.27. The minimum atomic E-state index is -0.868. The highest BCUT2D eigenvalue weighted by Gasteiger charge is 1.94. The van der Waals surface area contributed by atoms with Crippen molar-refractivity contribution in [2.75, 3.05) is 0 Å². The van der Waals surface area contributed by atoms with E-state index in [1.165, 1.54) is 6.42 Å². The van der Waals surface area contributed by atoms with E-state index in [1.54, 1.807) is 0 Å². The summed E-state index contributed by atoms with van der Waals surface area (Å²) in [7, 11) is 0. The Labute approximate surface area is 54.9 Å². The lowest BCUT2D eigenvalue weighted by atomic mass is 10.2. The standard InChI is InChI=1S/C7H9O2/c1-2-3-4-5-6-7(8)9/h1,6H,3-5H2,(H,8,9). The number of rotatable bonds is 4. The maximum atomic E-state index is 9.86. The maximum absolute atomic E-state index is 9.86. The van der Waals surface area contributed by atoms with Gasteiger partial charge in [0, 0.05) is 6.42 Å². The molecule has 0 saturated heterocycles. The fraction of sp³-hybridized carbons (Fsp3) is 0.429. The Morgan fingerprint density at radius 3 is 2.89 bits per heavy atom. The van der Waals surface area contributed by atoms with Crippen LogP contribution in [0, 0.1) is 18.8 Å². The first kappa shape index (κ1) is 8.03. The van der Waals surface area contributed by atoms with Crippen LogP contribution in [0.25, 0.3) is 0 Å². The zero-order chi connectivity index (χ0) is 7.11. The van der Waals surface area contributed by atoms with E-state index in [0.29, 0.717) is 12.8 Å². The molecule has 0 unspecified atom stereocenters. The van der Waals surface area contributed by atoms with Crippen LogP contribution in [0.5, 0.6) is 0 Å². The minimum Gasteiger partial charge on any atom is -0.481 e. The normalized spacial score (nSPS) is 8.33. The highest BCUT2D eigenvalue weighted by atomic mass is 16.4. The minimum absolute atomic E-state index is 0.569. The van der Waals surface area contributed by atoms with Crippen molar-refractivity contribution in [2.45, 2.75) is 19.3 Å². The summed E-state index contributed by atoms with van der Waals surface area (Å²) >= 11 is 0. The second kappa shape index (κ2) is 5.17. The van der Waals surface area contributed by atoms with Crippen LogP contribution < -0.4 is 0 Å². The Morgan fingerprint density at radius 1 is 1.78 bits per heavy atom. The number of hydrogen-bond donors (Lipinski definition) is 1. The average molecular weight is 125 g/mol. The van der Waals surface area contributed by atoms with Crippen LogP contribution in [0.4, 0.5) is 0 Å². The van der Waals surface area contributed by atoms with Crippen molar-refractivity contribution in [3.05, 3.63) is 6.42 Å². The lowest BCUT2D eigenvalue weighted by Crippen LogP contribution is -1.94. The molecule has 0 heterocycles. The van der Waals surface area contributed by atoms with E-state index in [1.807, 2.05) is 0 Å². The summed E-state index contributed by atoms with van der Waals surface area (Å²) in [5.41, 5.74) is 0. The molecule has 0 aromatic heterocycles. The van der Waals surface area contributed by atoms with Crippen molar-refractivity contribution < 1.29 is 9.90 Å². The molecule has 0 aliphatic rings. The van der Waals surface area contributed by atoms with Gasteiger partial charge in [-0.3, -0.25) is 4.79 Å². The first-order valence-electron chi connectivity index (χ1n) is 2.77. The van der Waals surface area contributed by atoms with Gasteiger partial charge < -0.3 is 5.11 Å². The lowest BCUT2D eigenvalue weighted by Gasteiger charge is -1.89. The van der Waals surface area contributed by atoms with Crippen LogP contribution in [0.15, 0.2) is 0 Å². The third-order valence-corrected chi connectivity index (χ3v) is 0.844. The zero-order valence-corrected chi connectivity index (χ0v) is 5.13. The molecule has 0 aromatic rings. The van der Waals surface area contributed by atoms with Gasteiger partial charge in [-0.2, -0.15) is 0 Å². The van der Waals surface area contributed by atoms with Crippen LogP contribution in [0.1, 0.15) is 19.3 Å². The van der Waals surface area contributed by atoms with Gasteiger partial charge in [0.25, 0.3) is 0 Å². The predicted octanol–water partition coefficient (Wildman–Crippen LogP) is 1.08. The quantitative estimate of drug-likeness (QED) is 0.451. The van der Waals surface area contributed by atoms with Crippen molar-refractivity contribution in [3.8, 4) is 12.3 Å². The van der Waals surface area contributed by atoms with Crippen LogP contribution in [0.3, 0.4) is 0 Å². The van der Waals surface area contributed by atoms with E-state index < -0.39 is 5.97 Å². The molecular weight excluding hydrogens is 116 g/mol. The molecule has 1 N–H and O–H groups in total. The Hall–Kier alpha value is -0.970. The molecule has 0 aliphatic carbocycles. The molecule has 9 heavy (non-hydrogen) atoms. The summed E-state index contributed by atoms with van der Waals surface area (Å²) in [6.07, 6.45) is 8.15. The van der Waals surface area contributed by atoms with Gasteiger partial charge in [-0.25, -0.2) is 0 Å². The van der Waals surface area contributed by atoms with Gasteiger partial charge >= 0.3 is 5.97 Å². The summed E-state index contributed by atoms with van der Waals surface area (Å²) < 4.78 is 0. The topological polar surface area (TPSA) is 37.3 Å². The average Bonchev–Trinajstić information content (AvgIpc) is 1.80. The Morgan fingerprint density at radius 2 is 2.44 bits per heavy atom. The maximum Gasteiger partial charge on any atom is 0.307 e. The fourth-order valence-electron chi connectivity index (χ4n) is 0.430. The summed E-state index contributed by atoms with van der Waals surface area (Å²) in [6, 6.07) is 0. The molecule has 0 rings (SSSR count). The molecule has 0 atom stereocenters. The van der Waals surface area contributed by atoms with Gasteiger partial charge in [0.05, 0.1) is 6.42 Å². The van der Waals surface area contributed by atoms with Crippen LogP contribution in [-0.4, -0.2) is 11.1 Å². The molecule has 2 nitrogen and oxygen atoms in total. The second-order valence-electron chi connectivity index (χ2n) is 1.64. The summed E-state index contributed by atoms with van der Waals surface area (Å²) in [5, 5.41) is 8.11. The fourth-order valence-corrected chi connectivity index (χ4v) is 0.430. The van der Waals surface area contributed by atoms with E-state index in [0.717, 1.165) is 6.42 Å². The van der Waals surface area contributed by atoms with E-state index in [2.05, 4.69) is 5.92 Å². The third kappa shape index (κ3) is 7.03. The van der Waals surface area contributed by atoms with Crippen molar-refractivity contribution >= 4 is 5.97 Å². The SMILES string of the molecule is C#CCCC[CH]C(=O)O. The molecule has 0 saturated carbocycles. The molecule has 1 radical (unpaired) electrons. The monoisotopic (exact) mass is 125 g/mol. The van der Waals surface area contributed by atoms with Crippen LogP contribution in [-0.2, 0) is 4.79 Å². The molecule has 0 bridgehead atoms. The van der Waals surface area contributed by atoms with E-state index in [9.17, 15) is 4.79 Å². The zero-order valence-electron chi connectivity index (χ0n) is 5.13. The van der Waals surface area contributed by atoms with E-state index in [4.69, 9.17) is 11.5 Å². The number of carbonyl (C=O) groups is 1. The highest BCUT2D eigenvalue weighted by molar-refractivity contribution is 5.76. The van der Waals surface area contributed by atoms with Gasteiger partial charge in [-0.15, -0.1) is 12.3 Å². The Bertz CT molecular complexity index is 121. The van der Waals surface area contributed by atoms with Crippen molar-refractivity contribution in [1.82, 2.24) is 0 Å². The molecule has 0 fully saturated rings. The van der Waals surface area contributed by atoms with Crippen molar-refractivity contribution in [3.63, 3.8) is 0 Å². The summed E-state index contributed by atoms with van der Waals surface area (Å²) in [5.74, 6) is 1.56. The van der Waals surface area contributed by atoms with E-state index >= 15 is 0 Å². The van der Waals surface area contributed by atoms with Crippen molar-refractivity contribution in [2.24, 2.45) is 0 Å². The van der Waals surface area contributed by atoms with Gasteiger partial charge in [-0.1, -0.05) is 0 Å². The number of carboxylic acids is 1. The number of unbranched alkanes of at least 4 members (excludes halogenated alkanes) is 2. The largest absolute Gasteiger partial charge is 0.481 e. The molecule has 0 spiro atoms. The Balaban J connectivity index is 2.94. The third-order valence-electron chi connectivity index (χ3n) is 0.844. The van der Waals surface area contributed by atoms with Crippen LogP contribution >= 0.6 is 0 Å². The molecule has 0 aliphatic heterocycles. The van der Waals surface area contributed by atoms with Gasteiger partial charge in [0.15, 0.2) is 0 Å². The van der Waals surface area contributed by atoms with Crippen LogP contribution in [0.2, 0.25) is 0 Å². The van der Waals surface area contributed by atoms with E-state index in [-0.39, 0.29) is 0 Å².